The second-order valence-electron chi connectivity index (χ2n) is 3.25. The van der Waals surface area contributed by atoms with Gasteiger partial charge in [-0.15, -0.1) is 13.2 Å². The molecule has 0 aliphatic heterocycles. The van der Waals surface area contributed by atoms with Crippen molar-refractivity contribution in [1.29, 1.82) is 5.26 Å². The van der Waals surface area contributed by atoms with Crippen LogP contribution in [0.1, 0.15) is 5.56 Å². The SMILES string of the molecule is N#Cc1ccc(S(=O)(=O)Cl)c(OC(F)(F)F)c1OC(F)F. The summed E-state index contributed by atoms with van der Waals surface area (Å²) in [4.78, 5) is -1.27. The van der Waals surface area contributed by atoms with Crippen molar-refractivity contribution in [3.05, 3.63) is 17.7 Å². The van der Waals surface area contributed by atoms with Gasteiger partial charge in [-0.05, 0) is 12.1 Å². The van der Waals surface area contributed by atoms with E-state index in [0.29, 0.717) is 12.1 Å². The van der Waals surface area contributed by atoms with Crippen molar-refractivity contribution in [3.8, 4) is 17.6 Å². The first-order valence-corrected chi connectivity index (χ1v) is 6.99. The first kappa shape index (κ1) is 17.3. The average molecular weight is 352 g/mol. The van der Waals surface area contributed by atoms with Crippen LogP contribution < -0.4 is 9.47 Å². The summed E-state index contributed by atoms with van der Waals surface area (Å²) in [6, 6.07) is 2.41. The zero-order valence-corrected chi connectivity index (χ0v) is 11.1. The van der Waals surface area contributed by atoms with E-state index < -0.39 is 44.0 Å². The summed E-state index contributed by atoms with van der Waals surface area (Å²) in [6.07, 6.45) is -5.43. The Morgan fingerprint density at radius 1 is 1.24 bits per heavy atom. The van der Waals surface area contributed by atoms with Crippen LogP contribution in [0.4, 0.5) is 22.0 Å². The molecule has 0 atom stereocenters. The smallest absolute Gasteiger partial charge is 0.429 e. The number of ether oxygens (including phenoxy) is 2. The molecule has 0 spiro atoms. The molecule has 5 nitrogen and oxygen atoms in total. The molecule has 21 heavy (non-hydrogen) atoms. The molecule has 0 bridgehead atoms. The van der Waals surface area contributed by atoms with Crippen LogP contribution in [0.3, 0.4) is 0 Å². The van der Waals surface area contributed by atoms with Crippen LogP contribution in [0.15, 0.2) is 17.0 Å². The first-order valence-electron chi connectivity index (χ1n) is 4.68. The second kappa shape index (κ2) is 5.90. The lowest BCUT2D eigenvalue weighted by atomic mass is 10.2. The number of benzene rings is 1. The van der Waals surface area contributed by atoms with Gasteiger partial charge in [0.2, 0.25) is 0 Å². The Hall–Kier alpha value is -1.80. The topological polar surface area (TPSA) is 76.4 Å². The minimum absolute atomic E-state index is 0.500. The molecular formula is C9H3ClF5NO4S. The molecule has 116 valence electrons. The van der Waals surface area contributed by atoms with E-state index in [0.717, 1.165) is 0 Å². The lowest BCUT2D eigenvalue weighted by molar-refractivity contribution is -0.276. The Morgan fingerprint density at radius 2 is 1.81 bits per heavy atom. The van der Waals surface area contributed by atoms with Gasteiger partial charge in [-0.2, -0.15) is 14.0 Å². The summed E-state index contributed by atoms with van der Waals surface area (Å²) in [7, 11) is 0.119. The number of nitrogens with zero attached hydrogens (tertiary/aromatic N) is 1. The van der Waals surface area contributed by atoms with Gasteiger partial charge in [0.05, 0.1) is 5.56 Å². The highest BCUT2D eigenvalue weighted by atomic mass is 35.7. The maximum Gasteiger partial charge on any atom is 0.573 e. The van der Waals surface area contributed by atoms with E-state index in [2.05, 4.69) is 9.47 Å². The summed E-state index contributed by atoms with van der Waals surface area (Å²) in [5, 5.41) is 8.65. The maximum absolute atomic E-state index is 12.3. The number of rotatable bonds is 4. The monoisotopic (exact) mass is 351 g/mol. The largest absolute Gasteiger partial charge is 0.573 e. The number of hydrogen-bond donors (Lipinski definition) is 0. The van der Waals surface area contributed by atoms with Crippen molar-refractivity contribution in [2.75, 3.05) is 0 Å². The lowest BCUT2D eigenvalue weighted by Crippen LogP contribution is -2.20. The fraction of sp³-hybridized carbons (Fsp3) is 0.222. The summed E-state index contributed by atoms with van der Waals surface area (Å²) in [5.41, 5.74) is -0.793. The van der Waals surface area contributed by atoms with Crippen molar-refractivity contribution in [1.82, 2.24) is 0 Å². The molecule has 0 aromatic heterocycles. The van der Waals surface area contributed by atoms with E-state index in [1.54, 1.807) is 0 Å². The fourth-order valence-corrected chi connectivity index (χ4v) is 2.19. The van der Waals surface area contributed by atoms with Gasteiger partial charge < -0.3 is 9.47 Å². The molecule has 0 heterocycles. The maximum atomic E-state index is 12.3. The summed E-state index contributed by atoms with van der Waals surface area (Å²) >= 11 is 0. The molecule has 0 fully saturated rings. The number of alkyl halides is 5. The summed E-state index contributed by atoms with van der Waals surface area (Å²) in [6.45, 7) is -3.62. The molecule has 0 aliphatic rings. The molecule has 12 heteroatoms. The Morgan fingerprint density at radius 3 is 2.19 bits per heavy atom. The normalized spacial score (nSPS) is 12.1. The van der Waals surface area contributed by atoms with E-state index in [1.807, 2.05) is 0 Å². The van der Waals surface area contributed by atoms with Crippen LogP contribution >= 0.6 is 10.7 Å². The van der Waals surface area contributed by atoms with Crippen molar-refractivity contribution in [2.45, 2.75) is 17.9 Å². The minimum atomic E-state index is -5.43. The molecule has 1 aromatic rings. The third kappa shape index (κ3) is 4.61. The Kier molecular flexibility index (Phi) is 4.85. The minimum Gasteiger partial charge on any atom is -0.429 e. The molecule has 0 saturated carbocycles. The van der Waals surface area contributed by atoms with E-state index in [4.69, 9.17) is 15.9 Å². The van der Waals surface area contributed by atoms with Crippen molar-refractivity contribution < 1.29 is 39.8 Å². The summed E-state index contributed by atoms with van der Waals surface area (Å²) < 4.78 is 90.7. The third-order valence-electron chi connectivity index (χ3n) is 1.88. The quantitative estimate of drug-likeness (QED) is 0.615. The third-order valence-corrected chi connectivity index (χ3v) is 3.23. The van der Waals surface area contributed by atoms with Gasteiger partial charge in [0.15, 0.2) is 11.5 Å². The molecular weight excluding hydrogens is 349 g/mol. The van der Waals surface area contributed by atoms with Crippen molar-refractivity contribution in [3.63, 3.8) is 0 Å². The predicted octanol–water partition coefficient (Wildman–Crippen LogP) is 2.99. The molecule has 0 saturated heterocycles. The second-order valence-corrected chi connectivity index (χ2v) is 5.78. The van der Waals surface area contributed by atoms with Gasteiger partial charge in [-0.25, -0.2) is 8.42 Å². The Balaban J connectivity index is 3.67. The van der Waals surface area contributed by atoms with Crippen LogP contribution in [-0.4, -0.2) is 21.4 Å². The van der Waals surface area contributed by atoms with E-state index >= 15 is 0 Å². The zero-order chi connectivity index (χ0) is 16.4. The Labute approximate surface area is 118 Å². The molecule has 0 amide bonds. The highest BCUT2D eigenvalue weighted by molar-refractivity contribution is 8.13. The molecule has 0 aliphatic carbocycles. The van der Waals surface area contributed by atoms with Gasteiger partial charge in [-0.3, -0.25) is 0 Å². The molecule has 1 aromatic carbocycles. The van der Waals surface area contributed by atoms with Crippen LogP contribution in [0.25, 0.3) is 0 Å². The molecule has 1 rings (SSSR count). The van der Waals surface area contributed by atoms with Crippen LogP contribution in [0.5, 0.6) is 11.5 Å². The molecule has 0 radical (unpaired) electrons. The van der Waals surface area contributed by atoms with Gasteiger partial charge >= 0.3 is 13.0 Å². The van der Waals surface area contributed by atoms with Crippen LogP contribution in [0, 0.1) is 11.3 Å². The van der Waals surface area contributed by atoms with Gasteiger partial charge in [0.1, 0.15) is 11.0 Å². The zero-order valence-electron chi connectivity index (χ0n) is 9.49. The predicted molar refractivity (Wildman–Crippen MR) is 57.5 cm³/mol. The van der Waals surface area contributed by atoms with E-state index in [9.17, 15) is 30.4 Å². The van der Waals surface area contributed by atoms with Gasteiger partial charge in [0.25, 0.3) is 9.05 Å². The Bertz CT molecular complexity index is 683. The van der Waals surface area contributed by atoms with E-state index in [1.165, 1.54) is 6.07 Å². The average Bonchev–Trinajstić information content (AvgIpc) is 2.27. The standard InChI is InChI=1S/C9H3ClF5NO4S/c10-21(17,18)5-2-1-4(3-16)6(19-8(11)12)7(5)20-9(13,14)15/h1-2,8H. The summed E-state index contributed by atoms with van der Waals surface area (Å²) in [5.74, 6) is -3.02. The van der Waals surface area contributed by atoms with Crippen molar-refractivity contribution in [2.24, 2.45) is 0 Å². The highest BCUT2D eigenvalue weighted by Gasteiger charge is 2.37. The van der Waals surface area contributed by atoms with Gasteiger partial charge in [-0.1, -0.05) is 0 Å². The number of nitriles is 1. The van der Waals surface area contributed by atoms with Crippen molar-refractivity contribution >= 4 is 19.7 Å². The molecule has 0 unspecified atom stereocenters. The highest BCUT2D eigenvalue weighted by Crippen LogP contribution is 2.42. The van der Waals surface area contributed by atoms with E-state index in [-0.39, 0.29) is 0 Å². The molecule has 0 N–H and O–H groups in total. The number of halogens is 6. The van der Waals surface area contributed by atoms with Crippen LogP contribution in [0.2, 0.25) is 0 Å². The lowest BCUT2D eigenvalue weighted by Gasteiger charge is -2.16. The number of hydrogen-bond acceptors (Lipinski definition) is 5. The van der Waals surface area contributed by atoms with Crippen LogP contribution in [-0.2, 0) is 9.05 Å². The first-order chi connectivity index (χ1) is 9.45. The fourth-order valence-electron chi connectivity index (χ4n) is 1.24. The van der Waals surface area contributed by atoms with Gasteiger partial charge in [0, 0.05) is 10.7 Å².